The van der Waals surface area contributed by atoms with E-state index in [4.69, 9.17) is 9.84 Å². The predicted molar refractivity (Wildman–Crippen MR) is 80.5 cm³/mol. The predicted octanol–water partition coefficient (Wildman–Crippen LogP) is 3.27. The summed E-state index contributed by atoms with van der Waals surface area (Å²) < 4.78 is 6.86. The molecule has 0 aliphatic carbocycles. The number of nitrogens with one attached hydrogen (secondary N) is 1. The molecule has 1 aromatic carbocycles. The van der Waals surface area contributed by atoms with Crippen LogP contribution >= 0.6 is 15.9 Å². The van der Waals surface area contributed by atoms with Crippen LogP contribution in [0.15, 0.2) is 22.7 Å². The molecule has 2 atom stereocenters. The van der Waals surface area contributed by atoms with Crippen LogP contribution in [0.3, 0.4) is 0 Å². The SMILES string of the molecule is CC(CCO)CNC1CCCOc2cc(Br)ccc21. The third-order valence-electron chi connectivity index (χ3n) is 3.58. The second kappa shape index (κ2) is 7.27. The molecule has 4 heteroatoms. The number of aliphatic hydroxyl groups excluding tert-OH is 1. The van der Waals surface area contributed by atoms with Gasteiger partial charge in [0.2, 0.25) is 0 Å². The van der Waals surface area contributed by atoms with Crippen molar-refractivity contribution in [3.63, 3.8) is 0 Å². The summed E-state index contributed by atoms with van der Waals surface area (Å²) in [5.74, 6) is 1.48. The summed E-state index contributed by atoms with van der Waals surface area (Å²) in [5.41, 5.74) is 1.25. The fourth-order valence-electron chi connectivity index (χ4n) is 2.42. The summed E-state index contributed by atoms with van der Waals surface area (Å²) in [6.07, 6.45) is 3.02. The Morgan fingerprint density at radius 3 is 3.16 bits per heavy atom. The molecule has 1 aliphatic rings. The van der Waals surface area contributed by atoms with Gasteiger partial charge in [-0.2, -0.15) is 0 Å². The topological polar surface area (TPSA) is 41.5 Å². The van der Waals surface area contributed by atoms with E-state index in [1.807, 2.05) is 6.07 Å². The molecule has 2 rings (SSSR count). The van der Waals surface area contributed by atoms with Gasteiger partial charge in [-0.15, -0.1) is 0 Å². The van der Waals surface area contributed by atoms with Crippen molar-refractivity contribution in [1.29, 1.82) is 0 Å². The van der Waals surface area contributed by atoms with Crippen LogP contribution in [0.2, 0.25) is 0 Å². The summed E-state index contributed by atoms with van der Waals surface area (Å²) in [7, 11) is 0. The van der Waals surface area contributed by atoms with Crippen molar-refractivity contribution in [2.45, 2.75) is 32.2 Å². The summed E-state index contributed by atoms with van der Waals surface area (Å²) in [4.78, 5) is 0. The molecule has 2 N–H and O–H groups in total. The van der Waals surface area contributed by atoms with Crippen LogP contribution in [-0.2, 0) is 0 Å². The molecule has 3 nitrogen and oxygen atoms in total. The van der Waals surface area contributed by atoms with Crippen molar-refractivity contribution in [2.24, 2.45) is 5.92 Å². The molecule has 2 unspecified atom stereocenters. The number of hydrogen-bond acceptors (Lipinski definition) is 3. The molecule has 0 saturated heterocycles. The van der Waals surface area contributed by atoms with E-state index < -0.39 is 0 Å². The lowest BCUT2D eigenvalue weighted by Gasteiger charge is -2.21. The van der Waals surface area contributed by atoms with Crippen molar-refractivity contribution in [3.05, 3.63) is 28.2 Å². The number of halogens is 1. The minimum Gasteiger partial charge on any atom is -0.493 e. The lowest BCUT2D eigenvalue weighted by Crippen LogP contribution is -2.26. The minimum atomic E-state index is 0.264. The summed E-state index contributed by atoms with van der Waals surface area (Å²) >= 11 is 3.49. The van der Waals surface area contributed by atoms with Gasteiger partial charge in [-0.05, 0) is 43.9 Å². The standard InChI is InChI=1S/C15H22BrNO2/c1-11(6-7-18)10-17-14-3-2-8-19-15-9-12(16)4-5-13(14)15/h4-5,9,11,14,17-18H,2-3,6-8,10H2,1H3. The van der Waals surface area contributed by atoms with Crippen LogP contribution in [0.25, 0.3) is 0 Å². The molecule has 19 heavy (non-hydrogen) atoms. The minimum absolute atomic E-state index is 0.264. The molecule has 0 bridgehead atoms. The average molecular weight is 328 g/mol. The molecule has 106 valence electrons. The Kier molecular flexibility index (Phi) is 5.67. The zero-order valence-corrected chi connectivity index (χ0v) is 12.9. The third kappa shape index (κ3) is 4.20. The van der Waals surface area contributed by atoms with Gasteiger partial charge in [0.05, 0.1) is 6.61 Å². The van der Waals surface area contributed by atoms with Gasteiger partial charge in [0.1, 0.15) is 5.75 Å². The van der Waals surface area contributed by atoms with Crippen LogP contribution in [0.4, 0.5) is 0 Å². The number of rotatable bonds is 5. The molecule has 1 aliphatic heterocycles. The highest BCUT2D eigenvalue weighted by Gasteiger charge is 2.20. The molecule has 0 saturated carbocycles. The lowest BCUT2D eigenvalue weighted by molar-refractivity contribution is 0.257. The highest BCUT2D eigenvalue weighted by Crippen LogP contribution is 2.33. The van der Waals surface area contributed by atoms with Gasteiger partial charge >= 0.3 is 0 Å². The Hall–Kier alpha value is -0.580. The molecular formula is C15H22BrNO2. The summed E-state index contributed by atoms with van der Waals surface area (Å²) in [5, 5.41) is 12.6. The Balaban J connectivity index is 2.05. The van der Waals surface area contributed by atoms with Gasteiger partial charge < -0.3 is 15.2 Å². The van der Waals surface area contributed by atoms with Gasteiger partial charge in [-0.3, -0.25) is 0 Å². The van der Waals surface area contributed by atoms with Gasteiger partial charge in [0.15, 0.2) is 0 Å². The number of fused-ring (bicyclic) bond motifs is 1. The molecule has 0 amide bonds. The van der Waals surface area contributed by atoms with E-state index in [0.29, 0.717) is 12.0 Å². The van der Waals surface area contributed by atoms with E-state index in [2.05, 4.69) is 40.3 Å². The molecule has 0 radical (unpaired) electrons. The number of hydrogen-bond donors (Lipinski definition) is 2. The van der Waals surface area contributed by atoms with Gasteiger partial charge in [0.25, 0.3) is 0 Å². The average Bonchev–Trinajstić information content (AvgIpc) is 2.58. The van der Waals surface area contributed by atoms with Gasteiger partial charge in [0, 0.05) is 22.7 Å². The summed E-state index contributed by atoms with van der Waals surface area (Å²) in [6.45, 7) is 4.15. The molecule has 1 aromatic rings. The van der Waals surface area contributed by atoms with Crippen LogP contribution in [-0.4, -0.2) is 24.9 Å². The summed E-state index contributed by atoms with van der Waals surface area (Å²) in [6, 6.07) is 6.61. The van der Waals surface area contributed by atoms with E-state index in [9.17, 15) is 0 Å². The Bertz CT molecular complexity index is 411. The highest BCUT2D eigenvalue weighted by molar-refractivity contribution is 9.10. The van der Waals surface area contributed by atoms with E-state index in [1.54, 1.807) is 0 Å². The van der Waals surface area contributed by atoms with Crippen molar-refractivity contribution in [3.8, 4) is 5.75 Å². The number of ether oxygens (including phenoxy) is 1. The van der Waals surface area contributed by atoms with E-state index in [1.165, 1.54) is 5.56 Å². The van der Waals surface area contributed by atoms with Crippen molar-refractivity contribution in [2.75, 3.05) is 19.8 Å². The zero-order chi connectivity index (χ0) is 13.7. The first-order valence-corrected chi connectivity index (χ1v) is 7.76. The fraction of sp³-hybridized carbons (Fsp3) is 0.600. The fourth-order valence-corrected chi connectivity index (χ4v) is 2.76. The molecule has 0 aromatic heterocycles. The smallest absolute Gasteiger partial charge is 0.125 e. The Labute approximate surface area is 123 Å². The molecule has 0 fully saturated rings. The maximum absolute atomic E-state index is 8.95. The molecule has 1 heterocycles. The van der Waals surface area contributed by atoms with E-state index in [-0.39, 0.29) is 6.61 Å². The van der Waals surface area contributed by atoms with Gasteiger partial charge in [-0.25, -0.2) is 0 Å². The first kappa shape index (κ1) is 14.8. The Morgan fingerprint density at radius 2 is 2.37 bits per heavy atom. The molecular weight excluding hydrogens is 306 g/mol. The lowest BCUT2D eigenvalue weighted by atomic mass is 10.0. The van der Waals surface area contributed by atoms with E-state index in [0.717, 1.165) is 42.6 Å². The zero-order valence-electron chi connectivity index (χ0n) is 11.4. The quantitative estimate of drug-likeness (QED) is 0.872. The number of benzene rings is 1. The van der Waals surface area contributed by atoms with Crippen LogP contribution < -0.4 is 10.1 Å². The highest BCUT2D eigenvalue weighted by atomic mass is 79.9. The normalized spacial score (nSPS) is 20.3. The van der Waals surface area contributed by atoms with Crippen LogP contribution in [0.1, 0.15) is 37.8 Å². The van der Waals surface area contributed by atoms with E-state index >= 15 is 0 Å². The second-order valence-electron chi connectivity index (χ2n) is 5.25. The van der Waals surface area contributed by atoms with Crippen molar-refractivity contribution < 1.29 is 9.84 Å². The monoisotopic (exact) mass is 327 g/mol. The van der Waals surface area contributed by atoms with Gasteiger partial charge in [-0.1, -0.05) is 28.9 Å². The maximum Gasteiger partial charge on any atom is 0.125 e. The second-order valence-corrected chi connectivity index (χ2v) is 6.17. The first-order valence-electron chi connectivity index (χ1n) is 6.97. The van der Waals surface area contributed by atoms with Crippen molar-refractivity contribution in [1.82, 2.24) is 5.32 Å². The van der Waals surface area contributed by atoms with Crippen molar-refractivity contribution >= 4 is 15.9 Å². The van der Waals surface area contributed by atoms with Crippen LogP contribution in [0.5, 0.6) is 5.75 Å². The largest absolute Gasteiger partial charge is 0.493 e. The maximum atomic E-state index is 8.95. The van der Waals surface area contributed by atoms with Crippen LogP contribution in [0, 0.1) is 5.92 Å². The molecule has 0 spiro atoms. The first-order chi connectivity index (χ1) is 9.20. The Morgan fingerprint density at radius 1 is 1.53 bits per heavy atom. The number of aliphatic hydroxyl groups is 1. The third-order valence-corrected chi connectivity index (χ3v) is 4.07.